The van der Waals surface area contributed by atoms with E-state index in [0.717, 1.165) is 28.1 Å². The van der Waals surface area contributed by atoms with Gasteiger partial charge in [-0.1, -0.05) is 23.7 Å². The molecule has 0 aliphatic heterocycles. The number of hydrogen-bond donors (Lipinski definition) is 0. The molecule has 3 aromatic heterocycles. The van der Waals surface area contributed by atoms with Crippen LogP contribution >= 0.6 is 11.6 Å². The fraction of sp³-hybridized carbons (Fsp3) is 0.154. The zero-order chi connectivity index (χ0) is 23.8. The molecular weight excluding hydrogens is 454 g/mol. The molecule has 3 heterocycles. The molecule has 5 rings (SSSR count). The zero-order valence-corrected chi connectivity index (χ0v) is 19.9. The summed E-state index contributed by atoms with van der Waals surface area (Å²) in [6, 6.07) is 17.1. The molecule has 0 unspecified atom stereocenters. The molecule has 0 aliphatic carbocycles. The molecule has 0 atom stereocenters. The van der Waals surface area contributed by atoms with E-state index in [2.05, 4.69) is 0 Å². The molecule has 34 heavy (non-hydrogen) atoms. The number of rotatable bonds is 6. The molecule has 0 aliphatic rings. The van der Waals surface area contributed by atoms with Gasteiger partial charge in [-0.15, -0.1) is 0 Å². The van der Waals surface area contributed by atoms with Crippen molar-refractivity contribution in [2.75, 3.05) is 21.3 Å². The molecule has 0 radical (unpaired) electrons. The Kier molecular flexibility index (Phi) is 5.63. The van der Waals surface area contributed by atoms with Gasteiger partial charge in [0.05, 0.1) is 33.3 Å². The molecule has 0 saturated heterocycles. The Balaban J connectivity index is 1.88. The van der Waals surface area contributed by atoms with Crippen LogP contribution in [0.4, 0.5) is 0 Å². The number of aryl methyl sites for hydroxylation is 1. The van der Waals surface area contributed by atoms with Crippen molar-refractivity contribution < 1.29 is 18.6 Å². The maximum Gasteiger partial charge on any atom is 0.203 e. The van der Waals surface area contributed by atoms with Crippen molar-refractivity contribution in [3.05, 3.63) is 71.6 Å². The summed E-state index contributed by atoms with van der Waals surface area (Å²) >= 11 is 6.17. The smallest absolute Gasteiger partial charge is 0.203 e. The van der Waals surface area contributed by atoms with E-state index in [-0.39, 0.29) is 0 Å². The van der Waals surface area contributed by atoms with Crippen molar-refractivity contribution in [2.45, 2.75) is 6.92 Å². The highest BCUT2D eigenvalue weighted by atomic mass is 35.5. The second-order valence-electron chi connectivity index (χ2n) is 7.62. The van der Waals surface area contributed by atoms with Gasteiger partial charge in [0.1, 0.15) is 5.69 Å². The molecule has 0 saturated carbocycles. The maximum atomic E-state index is 6.17. The number of fused-ring (bicyclic) bond motifs is 1. The van der Waals surface area contributed by atoms with E-state index >= 15 is 0 Å². The lowest BCUT2D eigenvalue weighted by Crippen LogP contribution is -2.04. The van der Waals surface area contributed by atoms with Gasteiger partial charge >= 0.3 is 0 Å². The fourth-order valence-corrected chi connectivity index (χ4v) is 4.24. The van der Waals surface area contributed by atoms with Crippen molar-refractivity contribution in [3.63, 3.8) is 0 Å². The Morgan fingerprint density at radius 1 is 0.882 bits per heavy atom. The molecule has 0 fully saturated rings. The quantitative estimate of drug-likeness (QED) is 0.286. The predicted molar refractivity (Wildman–Crippen MR) is 131 cm³/mol. The minimum atomic E-state index is 0.514. The average molecular weight is 476 g/mol. The van der Waals surface area contributed by atoms with Gasteiger partial charge in [0, 0.05) is 27.9 Å². The zero-order valence-electron chi connectivity index (χ0n) is 19.1. The highest BCUT2D eigenvalue weighted by molar-refractivity contribution is 6.30. The largest absolute Gasteiger partial charge is 0.493 e. The van der Waals surface area contributed by atoms with Gasteiger partial charge < -0.3 is 18.6 Å². The maximum absolute atomic E-state index is 6.17. The van der Waals surface area contributed by atoms with Crippen LogP contribution in [0.2, 0.25) is 5.02 Å². The Morgan fingerprint density at radius 3 is 2.18 bits per heavy atom. The van der Waals surface area contributed by atoms with Crippen molar-refractivity contribution in [1.29, 1.82) is 0 Å². The van der Waals surface area contributed by atoms with E-state index < -0.39 is 0 Å². The van der Waals surface area contributed by atoms with Crippen LogP contribution in [0.5, 0.6) is 17.2 Å². The molecule has 0 N–H and O–H groups in total. The molecule has 0 spiro atoms. The Hall–Kier alpha value is -3.97. The van der Waals surface area contributed by atoms with Crippen molar-refractivity contribution in [3.8, 4) is 51.1 Å². The number of hydrogen-bond acceptors (Lipinski definition) is 6. The summed E-state index contributed by atoms with van der Waals surface area (Å²) in [5.41, 5.74) is 5.71. The van der Waals surface area contributed by atoms with Gasteiger partial charge in [0.2, 0.25) is 5.75 Å². The molecular formula is C26H22ClN3O4. The normalized spacial score (nSPS) is 11.1. The predicted octanol–water partition coefficient (Wildman–Crippen LogP) is 6.31. The molecule has 7 nitrogen and oxygen atoms in total. The number of methoxy groups -OCH3 is 3. The first-order valence-corrected chi connectivity index (χ1v) is 10.9. The van der Waals surface area contributed by atoms with E-state index in [4.69, 9.17) is 40.3 Å². The molecule has 172 valence electrons. The van der Waals surface area contributed by atoms with Crippen LogP contribution in [-0.4, -0.2) is 35.9 Å². The molecule has 5 aromatic rings. The molecule has 0 amide bonds. The third-order valence-corrected chi connectivity index (χ3v) is 5.88. The van der Waals surface area contributed by atoms with Crippen LogP contribution < -0.4 is 14.2 Å². The van der Waals surface area contributed by atoms with Crippen molar-refractivity contribution in [1.82, 2.24) is 14.6 Å². The van der Waals surface area contributed by atoms with Crippen LogP contribution in [0.15, 0.2) is 65.3 Å². The third-order valence-electron chi connectivity index (χ3n) is 5.63. The van der Waals surface area contributed by atoms with Gasteiger partial charge in [-0.05, 0) is 48.9 Å². The summed E-state index contributed by atoms with van der Waals surface area (Å²) in [5.74, 6) is 2.26. The molecule has 2 aromatic carbocycles. The molecule has 0 bridgehead atoms. The lowest BCUT2D eigenvalue weighted by Gasteiger charge is -2.18. The van der Waals surface area contributed by atoms with Crippen LogP contribution in [0.25, 0.3) is 39.5 Å². The Labute approximate surface area is 201 Å². The number of furan rings is 1. The minimum absolute atomic E-state index is 0.514. The fourth-order valence-electron chi connectivity index (χ4n) is 4.11. The van der Waals surface area contributed by atoms with Crippen LogP contribution in [-0.2, 0) is 0 Å². The third kappa shape index (κ3) is 3.64. The van der Waals surface area contributed by atoms with Crippen LogP contribution in [0, 0.1) is 6.92 Å². The summed E-state index contributed by atoms with van der Waals surface area (Å²) in [4.78, 5) is 4.85. The van der Waals surface area contributed by atoms with E-state index in [0.29, 0.717) is 39.4 Å². The van der Waals surface area contributed by atoms with Gasteiger partial charge in [-0.25, -0.2) is 9.50 Å². The summed E-state index contributed by atoms with van der Waals surface area (Å²) < 4.78 is 24.2. The van der Waals surface area contributed by atoms with E-state index in [1.165, 1.54) is 0 Å². The van der Waals surface area contributed by atoms with Crippen molar-refractivity contribution in [2.24, 2.45) is 0 Å². The number of nitrogens with zero attached hydrogens (tertiary/aromatic N) is 3. The van der Waals surface area contributed by atoms with E-state index in [9.17, 15) is 0 Å². The number of aromatic nitrogens is 3. The average Bonchev–Trinajstić information content (AvgIpc) is 3.53. The highest BCUT2D eigenvalue weighted by Crippen LogP contribution is 2.44. The first kappa shape index (κ1) is 21.9. The number of halogens is 1. The SMILES string of the molecule is COc1cc(-c2c(-c3ccc(Cl)cc3)c(C)nc3cc(-c4ccco4)nn23)cc(OC)c1OC. The monoisotopic (exact) mass is 475 g/mol. The van der Waals surface area contributed by atoms with Crippen LogP contribution in [0.1, 0.15) is 5.69 Å². The van der Waals surface area contributed by atoms with Gasteiger partial charge in [0.15, 0.2) is 22.9 Å². The summed E-state index contributed by atoms with van der Waals surface area (Å²) in [6.45, 7) is 1.98. The van der Waals surface area contributed by atoms with Crippen molar-refractivity contribution >= 4 is 17.2 Å². The van der Waals surface area contributed by atoms with Crippen LogP contribution in [0.3, 0.4) is 0 Å². The number of benzene rings is 2. The Bertz CT molecular complexity index is 1450. The summed E-state index contributed by atoms with van der Waals surface area (Å²) in [5, 5.41) is 5.51. The van der Waals surface area contributed by atoms with Gasteiger partial charge in [0.25, 0.3) is 0 Å². The van der Waals surface area contributed by atoms with Gasteiger partial charge in [-0.3, -0.25) is 0 Å². The second-order valence-corrected chi connectivity index (χ2v) is 8.06. The lowest BCUT2D eigenvalue weighted by molar-refractivity contribution is 0.324. The highest BCUT2D eigenvalue weighted by Gasteiger charge is 2.23. The summed E-state index contributed by atoms with van der Waals surface area (Å²) in [6.07, 6.45) is 1.62. The number of ether oxygens (including phenoxy) is 3. The first-order chi connectivity index (χ1) is 16.5. The summed E-state index contributed by atoms with van der Waals surface area (Å²) in [7, 11) is 4.77. The lowest BCUT2D eigenvalue weighted by atomic mass is 9.97. The second kappa shape index (κ2) is 8.76. The first-order valence-electron chi connectivity index (χ1n) is 10.5. The minimum Gasteiger partial charge on any atom is -0.493 e. The van der Waals surface area contributed by atoms with E-state index in [1.807, 2.05) is 66.0 Å². The Morgan fingerprint density at radius 2 is 1.59 bits per heavy atom. The standard InChI is InChI=1S/C26H22ClN3O4/c1-15-24(16-7-9-18(27)10-8-16)25(17-12-21(31-2)26(33-4)22(13-17)32-3)30-23(28-15)14-19(29-30)20-6-5-11-34-20/h5-14H,1-4H3. The topological polar surface area (TPSA) is 71.0 Å². The molecule has 8 heteroatoms. The van der Waals surface area contributed by atoms with Gasteiger partial charge in [-0.2, -0.15) is 5.10 Å². The van der Waals surface area contributed by atoms with E-state index in [1.54, 1.807) is 27.6 Å².